The van der Waals surface area contributed by atoms with E-state index in [1.54, 1.807) is 4.90 Å². The lowest BCUT2D eigenvalue weighted by atomic mass is 10.2. The molecule has 21 heavy (non-hydrogen) atoms. The number of rotatable bonds is 2. The summed E-state index contributed by atoms with van der Waals surface area (Å²) in [6.45, 7) is 7.08. The molecule has 1 amide bonds. The maximum absolute atomic E-state index is 12.2. The lowest BCUT2D eigenvalue weighted by Crippen LogP contribution is -2.46. The summed E-state index contributed by atoms with van der Waals surface area (Å²) in [6, 6.07) is -0.459. The fraction of sp³-hybridized carbons (Fsp3) is 0.929. The van der Waals surface area contributed by atoms with Crippen LogP contribution >= 0.6 is 0 Å². The Labute approximate surface area is 126 Å². The van der Waals surface area contributed by atoms with Gasteiger partial charge < -0.3 is 29.6 Å². The van der Waals surface area contributed by atoms with E-state index in [9.17, 15) is 4.79 Å². The molecule has 1 fully saturated rings. The van der Waals surface area contributed by atoms with E-state index in [2.05, 4.69) is 0 Å². The molecule has 0 aromatic rings. The normalized spacial score (nSPS) is 22.1. The van der Waals surface area contributed by atoms with Gasteiger partial charge in [0.25, 0.3) is 0 Å². The minimum atomic E-state index is -0.459. The zero-order valence-corrected chi connectivity index (χ0v) is 12.9. The highest BCUT2D eigenvalue weighted by molar-refractivity contribution is 5.81. The molecule has 0 aromatic heterocycles. The molecule has 0 saturated carbocycles. The van der Waals surface area contributed by atoms with Gasteiger partial charge in [-0.25, -0.2) is 0 Å². The number of ether oxygens (including phenoxy) is 4. The van der Waals surface area contributed by atoms with Crippen molar-refractivity contribution >= 4 is 5.91 Å². The van der Waals surface area contributed by atoms with Crippen LogP contribution < -0.4 is 5.73 Å². The molecule has 1 rings (SSSR count). The van der Waals surface area contributed by atoms with Crippen LogP contribution in [0.15, 0.2) is 0 Å². The van der Waals surface area contributed by atoms with Crippen molar-refractivity contribution in [3.05, 3.63) is 0 Å². The number of amides is 1. The van der Waals surface area contributed by atoms with Crippen LogP contribution in [-0.2, 0) is 23.7 Å². The minimum absolute atomic E-state index is 0.0542. The summed E-state index contributed by atoms with van der Waals surface area (Å²) in [7, 11) is 0. The van der Waals surface area contributed by atoms with Gasteiger partial charge in [-0.2, -0.15) is 0 Å². The van der Waals surface area contributed by atoms with E-state index < -0.39 is 6.04 Å². The molecule has 0 spiro atoms. The Morgan fingerprint density at radius 3 is 1.67 bits per heavy atom. The number of nitrogens with zero attached hydrogens (tertiary/aromatic N) is 1. The molecule has 124 valence electrons. The molecular weight excluding hydrogens is 276 g/mol. The zero-order valence-electron chi connectivity index (χ0n) is 12.9. The summed E-state index contributed by atoms with van der Waals surface area (Å²) >= 11 is 0. The van der Waals surface area contributed by atoms with Crippen LogP contribution in [0.2, 0.25) is 0 Å². The molecule has 0 bridgehead atoms. The third-order valence-corrected chi connectivity index (χ3v) is 3.20. The van der Waals surface area contributed by atoms with Crippen LogP contribution in [0.3, 0.4) is 0 Å². The Hall–Kier alpha value is -0.730. The number of carbonyl (C=O) groups excluding carboxylic acids is 1. The van der Waals surface area contributed by atoms with Crippen LogP contribution in [0.1, 0.15) is 13.3 Å². The average Bonchev–Trinajstić information content (AvgIpc) is 2.52. The van der Waals surface area contributed by atoms with Gasteiger partial charge in [-0.15, -0.1) is 0 Å². The van der Waals surface area contributed by atoms with E-state index >= 15 is 0 Å². The quantitative estimate of drug-likeness (QED) is 0.749. The molecule has 1 atom stereocenters. The van der Waals surface area contributed by atoms with E-state index in [-0.39, 0.29) is 5.91 Å². The van der Waals surface area contributed by atoms with Crippen molar-refractivity contribution in [1.82, 2.24) is 4.90 Å². The first-order valence-electron chi connectivity index (χ1n) is 7.61. The van der Waals surface area contributed by atoms with Crippen LogP contribution in [0, 0.1) is 0 Å². The standard InChI is InChI=1S/C14H28N2O5/c1-2-13(15)14(17)16-3-5-18-7-9-20-11-12-21-10-8-19-6-4-16/h13H,2-12,15H2,1H3/t13-/m0/s1. The van der Waals surface area contributed by atoms with E-state index in [0.29, 0.717) is 72.4 Å². The predicted molar refractivity (Wildman–Crippen MR) is 78.1 cm³/mol. The molecule has 1 aliphatic rings. The largest absolute Gasteiger partial charge is 0.377 e. The highest BCUT2D eigenvalue weighted by Gasteiger charge is 2.19. The van der Waals surface area contributed by atoms with Gasteiger partial charge in [0.2, 0.25) is 5.91 Å². The Morgan fingerprint density at radius 2 is 1.29 bits per heavy atom. The highest BCUT2D eigenvalue weighted by Crippen LogP contribution is 1.98. The van der Waals surface area contributed by atoms with Crippen molar-refractivity contribution in [2.24, 2.45) is 5.73 Å². The minimum Gasteiger partial charge on any atom is -0.377 e. The third-order valence-electron chi connectivity index (χ3n) is 3.20. The maximum atomic E-state index is 12.2. The molecule has 7 heteroatoms. The lowest BCUT2D eigenvalue weighted by molar-refractivity contribution is -0.134. The fourth-order valence-corrected chi connectivity index (χ4v) is 1.85. The second-order valence-electron chi connectivity index (χ2n) is 4.79. The van der Waals surface area contributed by atoms with Crippen molar-refractivity contribution in [1.29, 1.82) is 0 Å². The van der Waals surface area contributed by atoms with Crippen LogP contribution in [0.25, 0.3) is 0 Å². The summed E-state index contributed by atoms with van der Waals surface area (Å²) in [5.41, 5.74) is 5.82. The van der Waals surface area contributed by atoms with E-state index in [1.807, 2.05) is 6.92 Å². The molecule has 1 aliphatic heterocycles. The van der Waals surface area contributed by atoms with Crippen molar-refractivity contribution in [2.75, 3.05) is 65.9 Å². The smallest absolute Gasteiger partial charge is 0.239 e. The topological polar surface area (TPSA) is 83.3 Å². The number of nitrogens with two attached hydrogens (primary N) is 1. The molecule has 0 unspecified atom stereocenters. The van der Waals surface area contributed by atoms with Crippen LogP contribution in [-0.4, -0.2) is 82.8 Å². The Balaban J connectivity index is 2.41. The molecule has 0 aromatic carbocycles. The van der Waals surface area contributed by atoms with Gasteiger partial charge in [-0.1, -0.05) is 6.92 Å². The zero-order chi connectivity index (χ0) is 15.3. The van der Waals surface area contributed by atoms with E-state index in [0.717, 1.165) is 0 Å². The van der Waals surface area contributed by atoms with Crippen molar-refractivity contribution in [3.63, 3.8) is 0 Å². The van der Waals surface area contributed by atoms with Gasteiger partial charge in [0.1, 0.15) is 0 Å². The first-order chi connectivity index (χ1) is 10.3. The Morgan fingerprint density at radius 1 is 0.905 bits per heavy atom. The maximum Gasteiger partial charge on any atom is 0.239 e. The molecule has 2 N–H and O–H groups in total. The fourth-order valence-electron chi connectivity index (χ4n) is 1.85. The highest BCUT2D eigenvalue weighted by atomic mass is 16.6. The molecule has 0 radical (unpaired) electrons. The van der Waals surface area contributed by atoms with Gasteiger partial charge in [0.05, 0.1) is 58.9 Å². The Bertz CT molecular complexity index is 262. The number of hydrogen-bond acceptors (Lipinski definition) is 6. The third kappa shape index (κ3) is 8.33. The van der Waals surface area contributed by atoms with Crippen molar-refractivity contribution in [2.45, 2.75) is 19.4 Å². The molecule has 7 nitrogen and oxygen atoms in total. The first-order valence-corrected chi connectivity index (χ1v) is 7.61. The predicted octanol–water partition coefficient (Wildman–Crippen LogP) is -0.368. The van der Waals surface area contributed by atoms with Crippen LogP contribution in [0.5, 0.6) is 0 Å². The summed E-state index contributed by atoms with van der Waals surface area (Å²) in [5, 5.41) is 0. The second kappa shape index (κ2) is 11.9. The average molecular weight is 304 g/mol. The molecular formula is C14H28N2O5. The van der Waals surface area contributed by atoms with Crippen LogP contribution in [0.4, 0.5) is 0 Å². The van der Waals surface area contributed by atoms with Gasteiger partial charge in [0, 0.05) is 13.1 Å². The summed E-state index contributed by atoms with van der Waals surface area (Å²) in [6.07, 6.45) is 0.624. The second-order valence-corrected chi connectivity index (χ2v) is 4.79. The van der Waals surface area contributed by atoms with Gasteiger partial charge in [-0.05, 0) is 6.42 Å². The molecule has 1 saturated heterocycles. The number of carbonyl (C=O) groups is 1. The van der Waals surface area contributed by atoms with E-state index in [4.69, 9.17) is 24.7 Å². The monoisotopic (exact) mass is 304 g/mol. The van der Waals surface area contributed by atoms with Crippen molar-refractivity contribution in [3.8, 4) is 0 Å². The van der Waals surface area contributed by atoms with Crippen molar-refractivity contribution < 1.29 is 23.7 Å². The van der Waals surface area contributed by atoms with Gasteiger partial charge in [0.15, 0.2) is 0 Å². The number of hydrogen-bond donors (Lipinski definition) is 1. The van der Waals surface area contributed by atoms with Gasteiger partial charge in [-0.3, -0.25) is 4.79 Å². The molecule has 0 aliphatic carbocycles. The summed E-state index contributed by atoms with van der Waals surface area (Å²) < 4.78 is 21.6. The molecule has 1 heterocycles. The van der Waals surface area contributed by atoms with Gasteiger partial charge >= 0.3 is 0 Å². The SMILES string of the molecule is CC[C@H](N)C(=O)N1CCOCCOCCOCCOCC1. The summed E-state index contributed by atoms with van der Waals surface area (Å²) in [5.74, 6) is -0.0542. The first kappa shape index (κ1) is 18.3. The lowest BCUT2D eigenvalue weighted by Gasteiger charge is -2.25. The summed E-state index contributed by atoms with van der Waals surface area (Å²) in [4.78, 5) is 13.9. The van der Waals surface area contributed by atoms with E-state index in [1.165, 1.54) is 0 Å². The Kier molecular flexibility index (Phi) is 10.4.